The molecular formula is C25H25N7S. The number of H-pyrrole nitrogens is 1. The molecule has 1 fully saturated rings. The highest BCUT2D eigenvalue weighted by Crippen LogP contribution is 2.38. The van der Waals surface area contributed by atoms with Crippen molar-refractivity contribution in [3.63, 3.8) is 0 Å². The number of piperidine rings is 1. The number of aryl methyl sites for hydroxylation is 1. The van der Waals surface area contributed by atoms with Gasteiger partial charge in [0.05, 0.1) is 23.6 Å². The Morgan fingerprint density at radius 3 is 2.85 bits per heavy atom. The van der Waals surface area contributed by atoms with Crippen molar-refractivity contribution in [1.29, 1.82) is 0 Å². The molecule has 7 nitrogen and oxygen atoms in total. The van der Waals surface area contributed by atoms with Gasteiger partial charge in [-0.2, -0.15) is 5.10 Å². The minimum absolute atomic E-state index is 0.254. The maximum Gasteiger partial charge on any atom is 0.183 e. The van der Waals surface area contributed by atoms with Gasteiger partial charge in [0.2, 0.25) is 0 Å². The summed E-state index contributed by atoms with van der Waals surface area (Å²) in [7, 11) is 0. The van der Waals surface area contributed by atoms with Crippen LogP contribution in [0.2, 0.25) is 0 Å². The molecule has 4 aromatic rings. The largest absolute Gasteiger partial charge is 0.347 e. The number of aromatic nitrogens is 5. The van der Waals surface area contributed by atoms with Gasteiger partial charge in [0, 0.05) is 24.5 Å². The zero-order chi connectivity index (χ0) is 22.2. The molecule has 2 aliphatic rings. The zero-order valence-electron chi connectivity index (χ0n) is 18.3. The molecule has 33 heavy (non-hydrogen) atoms. The Balaban J connectivity index is 1.38. The quantitative estimate of drug-likeness (QED) is 0.475. The predicted molar refractivity (Wildman–Crippen MR) is 133 cm³/mol. The van der Waals surface area contributed by atoms with E-state index in [2.05, 4.69) is 61.4 Å². The Bertz CT molecular complexity index is 1330. The van der Waals surface area contributed by atoms with Gasteiger partial charge in [0.15, 0.2) is 17.0 Å². The van der Waals surface area contributed by atoms with Gasteiger partial charge in [0.25, 0.3) is 0 Å². The summed E-state index contributed by atoms with van der Waals surface area (Å²) in [6, 6.07) is 15.0. The Morgan fingerprint density at radius 2 is 1.97 bits per heavy atom. The molecule has 2 atom stereocenters. The summed E-state index contributed by atoms with van der Waals surface area (Å²) in [5.74, 6) is 1.66. The van der Waals surface area contributed by atoms with Crippen molar-refractivity contribution >= 4 is 39.7 Å². The maximum absolute atomic E-state index is 5.97. The molecule has 0 spiro atoms. The van der Waals surface area contributed by atoms with Crippen LogP contribution in [0.1, 0.15) is 36.6 Å². The Kier molecular flexibility index (Phi) is 5.17. The molecule has 1 aromatic carbocycles. The molecule has 0 saturated carbocycles. The first-order valence-corrected chi connectivity index (χ1v) is 12.4. The highest BCUT2D eigenvalue weighted by molar-refractivity contribution is 7.88. The highest BCUT2D eigenvalue weighted by Gasteiger charge is 2.31. The Labute approximate surface area is 196 Å². The third-order valence-electron chi connectivity index (χ3n) is 6.66. The summed E-state index contributed by atoms with van der Waals surface area (Å²) in [5.41, 5.74) is 11.0. The number of anilines is 3. The monoisotopic (exact) mass is 455 g/mol. The lowest BCUT2D eigenvalue weighted by molar-refractivity contribution is 0.479. The van der Waals surface area contributed by atoms with E-state index in [-0.39, 0.29) is 6.04 Å². The van der Waals surface area contributed by atoms with Crippen molar-refractivity contribution < 1.29 is 0 Å². The summed E-state index contributed by atoms with van der Waals surface area (Å²) in [6.07, 6.45) is 7.88. The summed E-state index contributed by atoms with van der Waals surface area (Å²) >= 11 is 1.44. The highest BCUT2D eigenvalue weighted by atomic mass is 32.1. The van der Waals surface area contributed by atoms with Gasteiger partial charge in [-0.25, -0.2) is 9.97 Å². The van der Waals surface area contributed by atoms with Gasteiger partial charge in [0.1, 0.15) is 5.82 Å². The lowest BCUT2D eigenvalue weighted by atomic mass is 9.95. The van der Waals surface area contributed by atoms with Crippen LogP contribution in [0.25, 0.3) is 11.2 Å². The minimum atomic E-state index is 0.254. The molecule has 0 bridgehead atoms. The van der Waals surface area contributed by atoms with E-state index in [4.69, 9.17) is 15.7 Å². The van der Waals surface area contributed by atoms with Crippen molar-refractivity contribution in [2.45, 2.75) is 37.0 Å². The van der Waals surface area contributed by atoms with Crippen LogP contribution in [-0.4, -0.2) is 43.5 Å². The van der Waals surface area contributed by atoms with E-state index in [9.17, 15) is 0 Å². The van der Waals surface area contributed by atoms with E-state index < -0.39 is 0 Å². The molecule has 3 aromatic heterocycles. The fraction of sp³-hybridized carbons (Fsp3) is 0.320. The van der Waals surface area contributed by atoms with Crippen LogP contribution in [0.15, 0.2) is 54.9 Å². The first kappa shape index (κ1) is 20.1. The van der Waals surface area contributed by atoms with E-state index in [0.717, 1.165) is 67.3 Å². The molecule has 0 amide bonds. The molecule has 0 radical (unpaired) electrons. The molecule has 166 valence electrons. The summed E-state index contributed by atoms with van der Waals surface area (Å²) in [4.78, 5) is 18.9. The van der Waals surface area contributed by atoms with E-state index >= 15 is 0 Å². The van der Waals surface area contributed by atoms with Crippen LogP contribution >= 0.6 is 11.2 Å². The van der Waals surface area contributed by atoms with Crippen molar-refractivity contribution in [2.24, 2.45) is 0 Å². The van der Waals surface area contributed by atoms with Crippen molar-refractivity contribution in [1.82, 2.24) is 25.1 Å². The molecule has 8 heteroatoms. The van der Waals surface area contributed by atoms with Gasteiger partial charge in [-0.1, -0.05) is 30.3 Å². The Morgan fingerprint density at radius 1 is 1.06 bits per heavy atom. The topological polar surface area (TPSA) is 73.8 Å². The van der Waals surface area contributed by atoms with Gasteiger partial charge in [-0.15, -0.1) is 16.9 Å². The summed E-state index contributed by atoms with van der Waals surface area (Å²) in [6.45, 7) is 1.73. The molecule has 5 heterocycles. The number of rotatable bonds is 3. The van der Waals surface area contributed by atoms with Crippen molar-refractivity contribution in [2.75, 3.05) is 22.9 Å². The number of hydrogen-bond acceptors (Lipinski definition) is 6. The van der Waals surface area contributed by atoms with Crippen LogP contribution in [0.5, 0.6) is 0 Å². The fourth-order valence-electron chi connectivity index (χ4n) is 5.04. The van der Waals surface area contributed by atoms with E-state index in [1.165, 1.54) is 16.7 Å². The second-order valence-corrected chi connectivity index (χ2v) is 9.55. The summed E-state index contributed by atoms with van der Waals surface area (Å²) in [5, 5.41) is 8.12. The van der Waals surface area contributed by atoms with E-state index in [1.54, 1.807) is 0 Å². The molecule has 1 N–H and O–H groups in total. The molecular weight excluding hydrogens is 430 g/mol. The number of nitrogens with zero attached hydrogens (tertiary/aromatic N) is 6. The van der Waals surface area contributed by atoms with Crippen molar-refractivity contribution in [3.05, 3.63) is 66.1 Å². The molecule has 6 rings (SSSR count). The fourth-order valence-corrected chi connectivity index (χ4v) is 5.56. The maximum atomic E-state index is 5.97. The Hall–Kier alpha value is -3.48. The number of aromatic amines is 1. The first-order chi connectivity index (χ1) is 16.3. The molecule has 2 aliphatic heterocycles. The van der Waals surface area contributed by atoms with Crippen LogP contribution in [0, 0.1) is 5.69 Å². The normalized spacial score (nSPS) is 20.6. The van der Waals surface area contributed by atoms with E-state index in [1.807, 2.05) is 18.5 Å². The lowest BCUT2D eigenvalue weighted by Crippen LogP contribution is -2.39. The standard InChI is InChI=1S/C25H25N7S/c1-33-18-11-12-20(17-7-3-2-4-8-17)32(16-18)22-15-27-23-24(28-22)29-30-25(23)31-14-6-9-19-21(31)10-5-13-26-19/h1-5,7-8,10,13,15,18,20H,6,9,11-12,14,16H2,(H,28,29,30)/t18?,20-/m0/s1. The first-order valence-electron chi connectivity index (χ1n) is 11.4. The van der Waals surface area contributed by atoms with E-state index in [0.29, 0.717) is 10.9 Å². The average Bonchev–Trinajstić information content (AvgIpc) is 3.31. The lowest BCUT2D eigenvalue weighted by Gasteiger charge is -2.39. The number of hydrogen-bond donors (Lipinski definition) is 1. The second-order valence-electron chi connectivity index (χ2n) is 8.61. The summed E-state index contributed by atoms with van der Waals surface area (Å²) < 4.78 is 0. The zero-order valence-corrected chi connectivity index (χ0v) is 19.1. The van der Waals surface area contributed by atoms with Crippen LogP contribution in [0.3, 0.4) is 0 Å². The molecule has 1 saturated heterocycles. The van der Waals surface area contributed by atoms with Crippen molar-refractivity contribution in [3.8, 4) is 5.69 Å². The average molecular weight is 456 g/mol. The van der Waals surface area contributed by atoms with Gasteiger partial charge in [-0.05, 0) is 43.4 Å². The van der Waals surface area contributed by atoms with Gasteiger partial charge >= 0.3 is 0 Å². The SMILES string of the molecule is C#SC1CC[C@@H](c2ccccc2)N(c2cnc3c(N4CCCc5ncccc54)n[nH]c3n2)C1. The second kappa shape index (κ2) is 8.46. The van der Waals surface area contributed by atoms with Gasteiger partial charge in [-0.3, -0.25) is 10.1 Å². The van der Waals surface area contributed by atoms with Gasteiger partial charge < -0.3 is 9.80 Å². The third-order valence-corrected chi connectivity index (χ3v) is 7.43. The number of nitrogens with one attached hydrogen (secondary N) is 1. The van der Waals surface area contributed by atoms with Crippen LogP contribution in [-0.2, 0) is 6.42 Å². The molecule has 0 aliphatic carbocycles. The van der Waals surface area contributed by atoms with Crippen LogP contribution in [0.4, 0.5) is 17.3 Å². The smallest absolute Gasteiger partial charge is 0.183 e. The van der Waals surface area contributed by atoms with Crippen LogP contribution < -0.4 is 9.80 Å². The number of fused-ring (bicyclic) bond motifs is 2. The third kappa shape index (κ3) is 3.61. The minimum Gasteiger partial charge on any atom is -0.347 e. The predicted octanol–water partition coefficient (Wildman–Crippen LogP) is 4.86. The number of pyridine rings is 1. The molecule has 1 unspecified atom stereocenters. The number of benzene rings is 1.